The summed E-state index contributed by atoms with van der Waals surface area (Å²) in [5, 5.41) is 48.6. The smallest absolute Gasteiger partial charge is 0.334 e. The maximum atomic E-state index is 13.6. The van der Waals surface area contributed by atoms with E-state index in [-0.39, 0.29) is 50.4 Å². The molecule has 0 bridgehead atoms. The van der Waals surface area contributed by atoms with Crippen LogP contribution in [0.25, 0.3) is 0 Å². The summed E-state index contributed by atoms with van der Waals surface area (Å²) < 4.78 is 17.4. The van der Waals surface area contributed by atoms with Gasteiger partial charge in [-0.05, 0) is 78.1 Å². The van der Waals surface area contributed by atoms with Gasteiger partial charge in [-0.2, -0.15) is 0 Å². The van der Waals surface area contributed by atoms with E-state index in [4.69, 9.17) is 14.2 Å². The summed E-state index contributed by atoms with van der Waals surface area (Å²) in [5.74, 6) is -1.99. The number of hydrogen-bond donors (Lipinski definition) is 4. The molecule has 222 valence electrons. The minimum absolute atomic E-state index is 0.0121. The number of ketones is 1. The van der Waals surface area contributed by atoms with Crippen molar-refractivity contribution in [1.29, 1.82) is 0 Å². The molecule has 0 radical (unpaired) electrons. The third-order valence-corrected chi connectivity index (χ3v) is 12.6. The molecule has 6 aliphatic rings. The van der Waals surface area contributed by atoms with Crippen molar-refractivity contribution < 1.29 is 49.0 Å². The number of carbonyl (C=O) groups excluding carboxylic acids is 3. The maximum Gasteiger partial charge on any atom is 0.334 e. The Bertz CT molecular complexity index is 1210. The molecule has 4 N–H and O–H groups in total. The summed E-state index contributed by atoms with van der Waals surface area (Å²) in [6.07, 6.45) is -0.510. The van der Waals surface area contributed by atoms with Gasteiger partial charge in [-0.15, -0.1) is 0 Å². The molecule has 10 nitrogen and oxygen atoms in total. The molecule has 0 amide bonds. The minimum Gasteiger partial charge on any atom is -0.465 e. The van der Waals surface area contributed by atoms with Crippen molar-refractivity contribution in [3.05, 3.63) is 11.1 Å². The normalized spacial score (nSPS) is 51.1. The van der Waals surface area contributed by atoms with Crippen molar-refractivity contribution in [2.75, 3.05) is 6.61 Å². The predicted molar refractivity (Wildman–Crippen MR) is 138 cm³/mol. The van der Waals surface area contributed by atoms with Crippen LogP contribution >= 0.6 is 0 Å². The zero-order valence-electron chi connectivity index (χ0n) is 24.0. The van der Waals surface area contributed by atoms with Gasteiger partial charge < -0.3 is 34.6 Å². The Kier molecular flexibility index (Phi) is 5.92. The van der Waals surface area contributed by atoms with Crippen molar-refractivity contribution in [3.8, 4) is 0 Å². The van der Waals surface area contributed by atoms with E-state index in [1.165, 1.54) is 13.8 Å². The average molecular weight is 563 g/mol. The summed E-state index contributed by atoms with van der Waals surface area (Å²) in [6, 6.07) is 0. The second kappa shape index (κ2) is 8.37. The largest absolute Gasteiger partial charge is 0.465 e. The van der Waals surface area contributed by atoms with Crippen molar-refractivity contribution in [2.45, 2.75) is 127 Å². The quantitative estimate of drug-likeness (QED) is 0.292. The molecular formula is C30H42O10. The average Bonchev–Trinajstić information content (AvgIpc) is 3.58. The number of aliphatic hydroxyl groups excluding tert-OH is 1. The van der Waals surface area contributed by atoms with Crippen LogP contribution in [0.5, 0.6) is 0 Å². The van der Waals surface area contributed by atoms with Crippen LogP contribution in [0.4, 0.5) is 0 Å². The number of esters is 2. The predicted octanol–water partition coefficient (Wildman–Crippen LogP) is 1.49. The number of hydrogen-bond acceptors (Lipinski definition) is 10. The molecular weight excluding hydrogens is 520 g/mol. The molecule has 40 heavy (non-hydrogen) atoms. The molecule has 1 spiro atoms. The van der Waals surface area contributed by atoms with Gasteiger partial charge in [0, 0.05) is 25.3 Å². The number of carbonyl (C=O) groups is 3. The van der Waals surface area contributed by atoms with Crippen LogP contribution in [0.3, 0.4) is 0 Å². The van der Waals surface area contributed by atoms with Gasteiger partial charge >= 0.3 is 11.9 Å². The van der Waals surface area contributed by atoms with Crippen LogP contribution in [0, 0.1) is 22.7 Å². The molecule has 4 saturated carbocycles. The number of epoxide rings is 1. The first-order valence-corrected chi connectivity index (χ1v) is 14.6. The van der Waals surface area contributed by atoms with Gasteiger partial charge in [-0.3, -0.25) is 9.59 Å². The second-order valence-corrected chi connectivity index (χ2v) is 13.9. The lowest BCUT2D eigenvalue weighted by atomic mass is 9.41. The van der Waals surface area contributed by atoms with E-state index < -0.39 is 69.4 Å². The van der Waals surface area contributed by atoms with Crippen LogP contribution < -0.4 is 0 Å². The third-order valence-electron chi connectivity index (χ3n) is 12.6. The van der Waals surface area contributed by atoms with Gasteiger partial charge in [-0.25, -0.2) is 4.79 Å². The number of fused-ring (bicyclic) bond motifs is 4. The van der Waals surface area contributed by atoms with E-state index in [1.54, 1.807) is 13.8 Å². The Balaban J connectivity index is 1.44. The van der Waals surface area contributed by atoms with Crippen molar-refractivity contribution in [3.63, 3.8) is 0 Å². The van der Waals surface area contributed by atoms with E-state index in [0.29, 0.717) is 24.8 Å². The van der Waals surface area contributed by atoms with Gasteiger partial charge in [0.2, 0.25) is 0 Å². The van der Waals surface area contributed by atoms with Gasteiger partial charge in [0.15, 0.2) is 0 Å². The number of ether oxygens (including phenoxy) is 3. The monoisotopic (exact) mass is 562 g/mol. The van der Waals surface area contributed by atoms with Crippen molar-refractivity contribution in [2.24, 2.45) is 22.7 Å². The molecule has 6 rings (SSSR count). The lowest BCUT2D eigenvalue weighted by Gasteiger charge is -2.64. The number of Topliss-reactive ketones (excluding diaryl/α,β-unsaturated/α-hetero) is 1. The molecule has 11 atom stereocenters. The number of rotatable bonds is 4. The number of cyclic esters (lactones) is 1. The molecule has 1 saturated heterocycles. The number of aliphatic hydroxyl groups is 4. The summed E-state index contributed by atoms with van der Waals surface area (Å²) in [6.45, 7) is 7.64. The molecule has 0 aromatic heterocycles. The Hall–Kier alpha value is -1.85. The van der Waals surface area contributed by atoms with Gasteiger partial charge in [-0.1, -0.05) is 5.57 Å². The topological polar surface area (TPSA) is 163 Å². The summed E-state index contributed by atoms with van der Waals surface area (Å²) in [5.41, 5.74) is -7.91. The highest BCUT2D eigenvalue weighted by atomic mass is 16.6. The molecule has 5 fully saturated rings. The highest BCUT2D eigenvalue weighted by Crippen LogP contribution is 2.75. The standard InChI is InChI=1S/C30H42O10/c1-15-12-22(39-24(34)16(15)2)26(5,35)29(37)11-10-28(36)19-13-23-30(40-23)21(33)7-6-20(32)25(30,4)18(19)8-9-27(28,29)14-38-17(3)31/h18-19,21-23,33,35-37H,6-14H2,1-5H3/t18?,19-,21+,22?,23-,25+,26+,27-,28-,29-,30-/m1/s1. The lowest BCUT2D eigenvalue weighted by molar-refractivity contribution is -0.298. The van der Waals surface area contributed by atoms with E-state index in [1.807, 2.05) is 6.92 Å². The molecule has 2 heterocycles. The van der Waals surface area contributed by atoms with Gasteiger partial charge in [0.25, 0.3) is 0 Å². The Labute approximate surface area is 234 Å². The molecule has 2 unspecified atom stereocenters. The van der Waals surface area contributed by atoms with Crippen LogP contribution in [-0.4, -0.2) is 85.5 Å². The van der Waals surface area contributed by atoms with Gasteiger partial charge in [0.05, 0.1) is 28.6 Å². The summed E-state index contributed by atoms with van der Waals surface area (Å²) in [7, 11) is 0. The fourth-order valence-corrected chi connectivity index (χ4v) is 10.1. The van der Waals surface area contributed by atoms with E-state index in [2.05, 4.69) is 0 Å². The first kappa shape index (κ1) is 28.3. The zero-order chi connectivity index (χ0) is 29.3. The third kappa shape index (κ3) is 3.04. The minimum atomic E-state index is -2.00. The highest BCUT2D eigenvalue weighted by molar-refractivity contribution is 5.90. The highest BCUT2D eigenvalue weighted by Gasteiger charge is 2.85. The molecule has 10 heteroatoms. The van der Waals surface area contributed by atoms with Crippen molar-refractivity contribution >= 4 is 17.7 Å². The SMILES string of the molecule is CC(=O)OC[C@]12CCC3[C@@H](C[C@H]4O[C@]45[C@@H](O)CCC(=O)[C@]35C)[C@]1(O)CC[C@@]2(O)[C@@](C)(O)C1CC(C)=C(C)C(=O)O1. The van der Waals surface area contributed by atoms with Crippen LogP contribution in [0.1, 0.15) is 86.0 Å². The summed E-state index contributed by atoms with van der Waals surface area (Å²) >= 11 is 0. The fourth-order valence-electron chi connectivity index (χ4n) is 10.1. The van der Waals surface area contributed by atoms with Crippen LogP contribution in [0.2, 0.25) is 0 Å². The fraction of sp³-hybridized carbons (Fsp3) is 0.833. The van der Waals surface area contributed by atoms with Crippen molar-refractivity contribution in [1.82, 2.24) is 0 Å². The van der Waals surface area contributed by atoms with E-state index >= 15 is 0 Å². The lowest BCUT2D eigenvalue weighted by Crippen LogP contribution is -2.75. The first-order chi connectivity index (χ1) is 18.5. The Morgan fingerprint density at radius 3 is 2.48 bits per heavy atom. The van der Waals surface area contributed by atoms with Crippen LogP contribution in [-0.2, 0) is 28.6 Å². The van der Waals surface area contributed by atoms with E-state index in [9.17, 15) is 34.8 Å². The molecule has 4 aliphatic carbocycles. The summed E-state index contributed by atoms with van der Waals surface area (Å²) in [4.78, 5) is 38.3. The van der Waals surface area contributed by atoms with Gasteiger partial charge in [0.1, 0.15) is 35.3 Å². The second-order valence-electron chi connectivity index (χ2n) is 13.9. The van der Waals surface area contributed by atoms with Crippen LogP contribution in [0.15, 0.2) is 11.1 Å². The molecule has 2 aliphatic heterocycles. The molecule has 0 aromatic carbocycles. The van der Waals surface area contributed by atoms with E-state index in [0.717, 1.165) is 5.57 Å². The Morgan fingerprint density at radius 1 is 1.12 bits per heavy atom. The zero-order valence-corrected chi connectivity index (χ0v) is 24.0. The first-order valence-electron chi connectivity index (χ1n) is 14.6. The Morgan fingerprint density at radius 2 is 1.82 bits per heavy atom. The molecule has 0 aromatic rings. The maximum absolute atomic E-state index is 13.6.